The van der Waals surface area contributed by atoms with Gasteiger partial charge in [0.1, 0.15) is 0 Å². The standard InChI is InChI=1S/C13H18N2O2/c1-14-12(16)3-2-7-15-8-6-11(9-15)13(17)10-4-5-10/h6,8-10H,2-5,7H2,1H3,(H,14,16). The molecule has 0 unspecified atom stereocenters. The van der Waals surface area contributed by atoms with Crippen LogP contribution in [0.15, 0.2) is 18.5 Å². The van der Waals surface area contributed by atoms with Gasteiger partial charge in [0.15, 0.2) is 5.78 Å². The van der Waals surface area contributed by atoms with Crippen LogP contribution in [0.2, 0.25) is 0 Å². The van der Waals surface area contributed by atoms with E-state index in [1.54, 1.807) is 7.05 Å². The van der Waals surface area contributed by atoms with E-state index in [1.807, 2.05) is 23.0 Å². The summed E-state index contributed by atoms with van der Waals surface area (Å²) < 4.78 is 1.98. The van der Waals surface area contributed by atoms with Crippen molar-refractivity contribution in [3.8, 4) is 0 Å². The first-order valence-electron chi connectivity index (χ1n) is 6.11. The second kappa shape index (κ2) is 5.17. The van der Waals surface area contributed by atoms with E-state index in [-0.39, 0.29) is 17.6 Å². The van der Waals surface area contributed by atoms with Crippen molar-refractivity contribution in [2.45, 2.75) is 32.2 Å². The van der Waals surface area contributed by atoms with Gasteiger partial charge in [-0.05, 0) is 25.3 Å². The van der Waals surface area contributed by atoms with E-state index in [0.717, 1.165) is 31.4 Å². The summed E-state index contributed by atoms with van der Waals surface area (Å²) in [7, 11) is 1.64. The van der Waals surface area contributed by atoms with Gasteiger partial charge in [-0.1, -0.05) is 0 Å². The molecule has 1 heterocycles. The van der Waals surface area contributed by atoms with E-state index in [9.17, 15) is 9.59 Å². The van der Waals surface area contributed by atoms with Crippen molar-refractivity contribution in [3.05, 3.63) is 24.0 Å². The molecule has 0 saturated heterocycles. The van der Waals surface area contributed by atoms with E-state index in [0.29, 0.717) is 6.42 Å². The van der Waals surface area contributed by atoms with Crippen LogP contribution in [-0.2, 0) is 11.3 Å². The van der Waals surface area contributed by atoms with Gasteiger partial charge in [-0.25, -0.2) is 0 Å². The monoisotopic (exact) mass is 234 g/mol. The Morgan fingerprint density at radius 1 is 1.47 bits per heavy atom. The average molecular weight is 234 g/mol. The predicted octanol–water partition coefficient (Wildman–Crippen LogP) is 1.61. The first-order chi connectivity index (χ1) is 8.20. The molecule has 0 radical (unpaired) electrons. The molecule has 1 N–H and O–H groups in total. The van der Waals surface area contributed by atoms with Crippen LogP contribution in [0.25, 0.3) is 0 Å². The number of carbonyl (C=O) groups excluding carboxylic acids is 2. The Balaban J connectivity index is 1.81. The number of aromatic nitrogens is 1. The maximum absolute atomic E-state index is 11.8. The molecule has 0 spiro atoms. The number of hydrogen-bond acceptors (Lipinski definition) is 2. The lowest BCUT2D eigenvalue weighted by Gasteiger charge is -2.02. The van der Waals surface area contributed by atoms with Crippen LogP contribution in [0, 0.1) is 5.92 Å². The molecule has 1 aromatic rings. The van der Waals surface area contributed by atoms with Crippen LogP contribution in [0.3, 0.4) is 0 Å². The van der Waals surface area contributed by atoms with E-state index < -0.39 is 0 Å². The van der Waals surface area contributed by atoms with Gasteiger partial charge in [-0.2, -0.15) is 0 Å². The molecule has 0 aromatic carbocycles. The van der Waals surface area contributed by atoms with Crippen molar-refractivity contribution in [2.24, 2.45) is 5.92 Å². The topological polar surface area (TPSA) is 51.1 Å². The van der Waals surface area contributed by atoms with E-state index in [2.05, 4.69) is 5.32 Å². The van der Waals surface area contributed by atoms with Crippen LogP contribution in [0.4, 0.5) is 0 Å². The van der Waals surface area contributed by atoms with Gasteiger partial charge in [-0.3, -0.25) is 9.59 Å². The third-order valence-electron chi connectivity index (χ3n) is 3.08. The van der Waals surface area contributed by atoms with Gasteiger partial charge >= 0.3 is 0 Å². The quantitative estimate of drug-likeness (QED) is 0.760. The number of Topliss-reactive ketones (excluding diaryl/α,β-unsaturated/α-hetero) is 1. The zero-order chi connectivity index (χ0) is 12.3. The molecule has 0 bridgehead atoms. The van der Waals surface area contributed by atoms with Gasteiger partial charge in [-0.15, -0.1) is 0 Å². The lowest BCUT2D eigenvalue weighted by atomic mass is 10.1. The van der Waals surface area contributed by atoms with Crippen LogP contribution >= 0.6 is 0 Å². The van der Waals surface area contributed by atoms with Crippen molar-refractivity contribution < 1.29 is 9.59 Å². The molecule has 4 heteroatoms. The normalized spacial score (nSPS) is 14.6. The molecule has 0 atom stereocenters. The molecular formula is C13H18N2O2. The molecule has 1 fully saturated rings. The molecule has 1 amide bonds. The van der Waals surface area contributed by atoms with Crippen LogP contribution < -0.4 is 5.32 Å². The Labute approximate surface area is 101 Å². The summed E-state index contributed by atoms with van der Waals surface area (Å²) in [5.74, 6) is 0.609. The molecule has 2 rings (SSSR count). The number of nitrogens with one attached hydrogen (secondary N) is 1. The Hall–Kier alpha value is -1.58. The number of amides is 1. The summed E-state index contributed by atoms with van der Waals surface area (Å²) in [6.07, 6.45) is 7.22. The third-order valence-corrected chi connectivity index (χ3v) is 3.08. The van der Waals surface area contributed by atoms with Crippen LogP contribution in [-0.4, -0.2) is 23.3 Å². The summed E-state index contributed by atoms with van der Waals surface area (Å²) in [5, 5.41) is 2.60. The first kappa shape index (κ1) is 11.9. The van der Waals surface area contributed by atoms with E-state index in [1.165, 1.54) is 0 Å². The lowest BCUT2D eigenvalue weighted by molar-refractivity contribution is -0.120. The number of rotatable bonds is 6. The first-order valence-corrected chi connectivity index (χ1v) is 6.11. The summed E-state index contributed by atoms with van der Waals surface area (Å²) in [5.41, 5.74) is 0.812. The third kappa shape index (κ3) is 3.19. The van der Waals surface area contributed by atoms with Gasteiger partial charge in [0.2, 0.25) is 5.91 Å². The van der Waals surface area contributed by atoms with Gasteiger partial charge < -0.3 is 9.88 Å². The fourth-order valence-electron chi connectivity index (χ4n) is 1.85. The van der Waals surface area contributed by atoms with E-state index >= 15 is 0 Å². The fourth-order valence-corrected chi connectivity index (χ4v) is 1.85. The second-order valence-electron chi connectivity index (χ2n) is 4.55. The molecule has 92 valence electrons. The SMILES string of the molecule is CNC(=O)CCCn1ccc(C(=O)C2CC2)c1. The minimum Gasteiger partial charge on any atom is -0.359 e. The molecule has 4 nitrogen and oxygen atoms in total. The molecule has 1 aliphatic carbocycles. The van der Waals surface area contributed by atoms with Gasteiger partial charge in [0.25, 0.3) is 0 Å². The van der Waals surface area contributed by atoms with Crippen molar-refractivity contribution in [3.63, 3.8) is 0 Å². The Kier molecular flexibility index (Phi) is 3.61. The van der Waals surface area contributed by atoms with Crippen LogP contribution in [0.5, 0.6) is 0 Å². The van der Waals surface area contributed by atoms with E-state index in [4.69, 9.17) is 0 Å². The highest BCUT2D eigenvalue weighted by atomic mass is 16.1. The summed E-state index contributed by atoms with van der Waals surface area (Å²) in [6.45, 7) is 0.783. The lowest BCUT2D eigenvalue weighted by Crippen LogP contribution is -2.17. The number of nitrogens with zero attached hydrogens (tertiary/aromatic N) is 1. The number of carbonyl (C=O) groups is 2. The number of ketones is 1. The molecule has 1 saturated carbocycles. The zero-order valence-electron chi connectivity index (χ0n) is 10.1. The maximum Gasteiger partial charge on any atom is 0.219 e. The largest absolute Gasteiger partial charge is 0.359 e. The molecule has 1 aliphatic rings. The predicted molar refractivity (Wildman–Crippen MR) is 64.8 cm³/mol. The number of hydrogen-bond donors (Lipinski definition) is 1. The highest BCUT2D eigenvalue weighted by Crippen LogP contribution is 2.32. The summed E-state index contributed by atoms with van der Waals surface area (Å²) >= 11 is 0. The second-order valence-corrected chi connectivity index (χ2v) is 4.55. The van der Waals surface area contributed by atoms with Crippen molar-refractivity contribution in [1.29, 1.82) is 0 Å². The highest BCUT2D eigenvalue weighted by molar-refractivity contribution is 5.99. The Morgan fingerprint density at radius 3 is 2.88 bits per heavy atom. The van der Waals surface area contributed by atoms with Crippen molar-refractivity contribution >= 4 is 11.7 Å². The maximum atomic E-state index is 11.8. The van der Waals surface area contributed by atoms with Crippen molar-refractivity contribution in [1.82, 2.24) is 9.88 Å². The smallest absolute Gasteiger partial charge is 0.219 e. The molecule has 1 aromatic heterocycles. The average Bonchev–Trinajstić information content (AvgIpc) is 3.08. The van der Waals surface area contributed by atoms with Gasteiger partial charge in [0, 0.05) is 43.9 Å². The highest BCUT2D eigenvalue weighted by Gasteiger charge is 2.30. The Morgan fingerprint density at radius 2 is 2.24 bits per heavy atom. The minimum atomic E-state index is 0.0615. The fraction of sp³-hybridized carbons (Fsp3) is 0.538. The van der Waals surface area contributed by atoms with Gasteiger partial charge in [0.05, 0.1) is 0 Å². The zero-order valence-corrected chi connectivity index (χ0v) is 10.1. The summed E-state index contributed by atoms with van der Waals surface area (Å²) in [4.78, 5) is 22.8. The molecular weight excluding hydrogens is 216 g/mol. The summed E-state index contributed by atoms with van der Waals surface area (Å²) in [6, 6.07) is 1.88. The van der Waals surface area contributed by atoms with Crippen molar-refractivity contribution in [2.75, 3.05) is 7.05 Å². The minimum absolute atomic E-state index is 0.0615. The molecule has 17 heavy (non-hydrogen) atoms. The van der Waals surface area contributed by atoms with Crippen LogP contribution in [0.1, 0.15) is 36.0 Å². The number of aryl methyl sites for hydroxylation is 1. The molecule has 0 aliphatic heterocycles. The Bertz CT molecular complexity index is 419.